The lowest BCUT2D eigenvalue weighted by atomic mass is 9.89. The summed E-state index contributed by atoms with van der Waals surface area (Å²) in [6, 6.07) is 10.6. The second-order valence-electron chi connectivity index (χ2n) is 7.33. The molecule has 3 heterocycles. The predicted octanol–water partition coefficient (Wildman–Crippen LogP) is 2.27. The fraction of sp³-hybridized carbons (Fsp3) is 0.500. The van der Waals surface area contributed by atoms with E-state index in [1.807, 2.05) is 4.90 Å². The van der Waals surface area contributed by atoms with Gasteiger partial charge in [-0.3, -0.25) is 4.79 Å². The van der Waals surface area contributed by atoms with E-state index in [9.17, 15) is 4.79 Å². The van der Waals surface area contributed by atoms with E-state index >= 15 is 0 Å². The van der Waals surface area contributed by atoms with Gasteiger partial charge in [0.1, 0.15) is 12.4 Å². The first-order valence-electron chi connectivity index (χ1n) is 9.39. The number of piperidine rings is 1. The number of carbonyl (C=O) groups is 1. The zero-order valence-corrected chi connectivity index (χ0v) is 16.3. The van der Waals surface area contributed by atoms with Gasteiger partial charge in [-0.25, -0.2) is 4.98 Å². The molecule has 1 aromatic carbocycles. The number of aromatic nitrogens is 2. The highest BCUT2D eigenvalue weighted by Gasteiger charge is 2.42. The van der Waals surface area contributed by atoms with Crippen LogP contribution in [0.4, 0.5) is 0 Å². The van der Waals surface area contributed by atoms with Crippen molar-refractivity contribution in [2.24, 2.45) is 0 Å². The van der Waals surface area contributed by atoms with Crippen LogP contribution in [0.2, 0.25) is 0 Å². The number of ether oxygens (including phenoxy) is 1. The standard InChI is InChI=1S/C20H26N4O2.ClH/c25-19-15-26-20(16-24(19)14-18-21-9-10-22-18)7-12-23(13-8-20)11-6-17-4-2-1-3-5-17;/h1-5,9-10H,6-8,11-16H2,(H,21,22);1H. The van der Waals surface area contributed by atoms with Crippen molar-refractivity contribution in [2.75, 3.05) is 32.8 Å². The fourth-order valence-corrected chi connectivity index (χ4v) is 3.92. The number of benzene rings is 1. The average Bonchev–Trinajstić information content (AvgIpc) is 3.19. The molecular weight excluding hydrogens is 364 g/mol. The van der Waals surface area contributed by atoms with Crippen LogP contribution < -0.4 is 0 Å². The van der Waals surface area contributed by atoms with Crippen LogP contribution in [-0.2, 0) is 22.5 Å². The first-order valence-corrected chi connectivity index (χ1v) is 9.39. The molecule has 27 heavy (non-hydrogen) atoms. The highest BCUT2D eigenvalue weighted by Crippen LogP contribution is 2.31. The molecule has 1 aromatic heterocycles. The number of hydrogen-bond acceptors (Lipinski definition) is 4. The average molecular weight is 391 g/mol. The molecule has 0 aliphatic carbocycles. The number of amides is 1. The number of halogens is 1. The maximum absolute atomic E-state index is 12.2. The quantitative estimate of drug-likeness (QED) is 0.850. The van der Waals surface area contributed by atoms with Gasteiger partial charge >= 0.3 is 0 Å². The summed E-state index contributed by atoms with van der Waals surface area (Å²) >= 11 is 0. The van der Waals surface area contributed by atoms with E-state index in [2.05, 4.69) is 45.2 Å². The Bertz CT molecular complexity index is 715. The maximum Gasteiger partial charge on any atom is 0.249 e. The van der Waals surface area contributed by atoms with Gasteiger partial charge in [0.05, 0.1) is 18.7 Å². The third kappa shape index (κ3) is 4.89. The van der Waals surface area contributed by atoms with Gasteiger partial charge in [-0.15, -0.1) is 12.4 Å². The summed E-state index contributed by atoms with van der Waals surface area (Å²) in [5, 5.41) is 0. The van der Waals surface area contributed by atoms with Gasteiger partial charge in [0.25, 0.3) is 0 Å². The van der Waals surface area contributed by atoms with Crippen LogP contribution in [0.15, 0.2) is 42.7 Å². The summed E-state index contributed by atoms with van der Waals surface area (Å²) in [5.41, 5.74) is 1.20. The van der Waals surface area contributed by atoms with Gasteiger partial charge in [0, 0.05) is 32.0 Å². The Kier molecular flexibility index (Phi) is 6.52. The van der Waals surface area contributed by atoms with Gasteiger partial charge in [-0.05, 0) is 24.8 Å². The molecule has 2 fully saturated rings. The number of imidazole rings is 1. The Morgan fingerprint density at radius 1 is 1.19 bits per heavy atom. The minimum absolute atomic E-state index is 0. The molecule has 6 nitrogen and oxygen atoms in total. The molecule has 0 saturated carbocycles. The summed E-state index contributed by atoms with van der Waals surface area (Å²) in [4.78, 5) is 23.9. The van der Waals surface area contributed by atoms with E-state index in [1.165, 1.54) is 5.56 Å². The number of rotatable bonds is 5. The Morgan fingerprint density at radius 3 is 2.67 bits per heavy atom. The Labute approximate surface area is 166 Å². The maximum atomic E-state index is 12.2. The molecule has 0 unspecified atom stereocenters. The van der Waals surface area contributed by atoms with Crippen LogP contribution in [0.3, 0.4) is 0 Å². The Morgan fingerprint density at radius 2 is 1.96 bits per heavy atom. The lowest BCUT2D eigenvalue weighted by Crippen LogP contribution is -2.58. The molecule has 2 saturated heterocycles. The molecule has 2 aliphatic rings. The normalized spacial score (nSPS) is 19.9. The minimum Gasteiger partial charge on any atom is -0.363 e. The van der Waals surface area contributed by atoms with Crippen LogP contribution in [0, 0.1) is 0 Å². The van der Waals surface area contributed by atoms with Crippen LogP contribution in [-0.4, -0.2) is 64.1 Å². The van der Waals surface area contributed by atoms with Crippen molar-refractivity contribution in [3.63, 3.8) is 0 Å². The molecule has 146 valence electrons. The van der Waals surface area contributed by atoms with Crippen molar-refractivity contribution in [3.05, 3.63) is 54.1 Å². The van der Waals surface area contributed by atoms with Crippen LogP contribution in [0.1, 0.15) is 24.2 Å². The van der Waals surface area contributed by atoms with Crippen molar-refractivity contribution >= 4 is 18.3 Å². The molecule has 1 N–H and O–H groups in total. The first kappa shape index (κ1) is 19.9. The van der Waals surface area contributed by atoms with Crippen molar-refractivity contribution in [2.45, 2.75) is 31.4 Å². The fourth-order valence-electron chi connectivity index (χ4n) is 3.92. The van der Waals surface area contributed by atoms with Gasteiger partial charge in [-0.1, -0.05) is 30.3 Å². The molecule has 1 amide bonds. The molecule has 0 bridgehead atoms. The van der Waals surface area contributed by atoms with E-state index in [1.54, 1.807) is 12.4 Å². The van der Waals surface area contributed by atoms with E-state index < -0.39 is 0 Å². The van der Waals surface area contributed by atoms with Crippen LogP contribution in [0.25, 0.3) is 0 Å². The molecule has 2 aliphatic heterocycles. The highest BCUT2D eigenvalue weighted by atomic mass is 35.5. The second kappa shape index (κ2) is 8.87. The molecule has 7 heteroatoms. The second-order valence-corrected chi connectivity index (χ2v) is 7.33. The zero-order chi connectivity index (χ0) is 17.8. The summed E-state index contributed by atoms with van der Waals surface area (Å²) < 4.78 is 6.03. The van der Waals surface area contributed by atoms with E-state index in [0.29, 0.717) is 13.1 Å². The van der Waals surface area contributed by atoms with E-state index in [-0.39, 0.29) is 30.5 Å². The third-order valence-corrected chi connectivity index (χ3v) is 5.56. The molecule has 0 atom stereocenters. The lowest BCUT2D eigenvalue weighted by molar-refractivity contribution is -0.172. The Balaban J connectivity index is 0.00000210. The molecular formula is C20H27ClN4O2. The number of nitrogens with zero attached hydrogens (tertiary/aromatic N) is 3. The van der Waals surface area contributed by atoms with Gasteiger partial charge in [-0.2, -0.15) is 0 Å². The zero-order valence-electron chi connectivity index (χ0n) is 15.5. The van der Waals surface area contributed by atoms with E-state index in [0.717, 1.165) is 44.7 Å². The molecule has 2 aromatic rings. The summed E-state index contributed by atoms with van der Waals surface area (Å²) in [5.74, 6) is 0.884. The summed E-state index contributed by atoms with van der Waals surface area (Å²) in [6.45, 7) is 4.51. The van der Waals surface area contributed by atoms with Crippen molar-refractivity contribution in [1.29, 1.82) is 0 Å². The molecule has 1 spiro atoms. The smallest absolute Gasteiger partial charge is 0.249 e. The summed E-state index contributed by atoms with van der Waals surface area (Å²) in [6.07, 6.45) is 6.55. The van der Waals surface area contributed by atoms with Crippen molar-refractivity contribution in [3.8, 4) is 0 Å². The minimum atomic E-state index is -0.191. The van der Waals surface area contributed by atoms with Crippen molar-refractivity contribution < 1.29 is 9.53 Å². The third-order valence-electron chi connectivity index (χ3n) is 5.56. The largest absolute Gasteiger partial charge is 0.363 e. The van der Waals surface area contributed by atoms with Crippen molar-refractivity contribution in [1.82, 2.24) is 19.8 Å². The number of likely N-dealkylation sites (tertiary alicyclic amines) is 1. The number of nitrogens with one attached hydrogen (secondary N) is 1. The highest BCUT2D eigenvalue weighted by molar-refractivity contribution is 5.85. The number of hydrogen-bond donors (Lipinski definition) is 1. The number of carbonyl (C=O) groups excluding carboxylic acids is 1. The van der Waals surface area contributed by atoms with Gasteiger partial charge < -0.3 is 19.5 Å². The van der Waals surface area contributed by atoms with E-state index in [4.69, 9.17) is 4.74 Å². The van der Waals surface area contributed by atoms with Crippen LogP contribution in [0.5, 0.6) is 0 Å². The summed E-state index contributed by atoms with van der Waals surface area (Å²) in [7, 11) is 0. The number of H-pyrrole nitrogens is 1. The SMILES string of the molecule is Cl.O=C1COC2(CCN(CCc3ccccc3)CC2)CN1Cc1ncc[nH]1. The molecule has 0 radical (unpaired) electrons. The first-order chi connectivity index (χ1) is 12.7. The lowest BCUT2D eigenvalue weighted by Gasteiger charge is -2.47. The van der Waals surface area contributed by atoms with Gasteiger partial charge in [0.15, 0.2) is 0 Å². The number of aromatic amines is 1. The van der Waals surface area contributed by atoms with Crippen LogP contribution >= 0.6 is 12.4 Å². The Hall–Kier alpha value is -1.89. The topological polar surface area (TPSA) is 61.5 Å². The van der Waals surface area contributed by atoms with Gasteiger partial charge in [0.2, 0.25) is 5.91 Å². The predicted molar refractivity (Wildman–Crippen MR) is 106 cm³/mol. The monoisotopic (exact) mass is 390 g/mol. The molecule has 4 rings (SSSR count). The number of morpholine rings is 1.